The monoisotopic (exact) mass is 482 g/mol. The predicted molar refractivity (Wildman–Crippen MR) is 133 cm³/mol. The molecule has 2 aliphatic heterocycles. The van der Waals surface area contributed by atoms with Crippen molar-refractivity contribution < 1.29 is 13.2 Å². The molecule has 3 aliphatic rings. The number of carbonyl (C=O) groups is 1. The summed E-state index contributed by atoms with van der Waals surface area (Å²) in [6.07, 6.45) is 5.30. The van der Waals surface area contributed by atoms with Gasteiger partial charge in [-0.25, -0.2) is 8.42 Å². The molecule has 2 heterocycles. The first-order chi connectivity index (χ1) is 16.5. The van der Waals surface area contributed by atoms with Crippen LogP contribution in [-0.4, -0.2) is 80.3 Å². The van der Waals surface area contributed by atoms with E-state index in [0.29, 0.717) is 43.7 Å². The third-order valence-electron chi connectivity index (χ3n) is 7.32. The molecule has 1 atom stereocenters. The number of fused-ring (bicyclic) bond motifs is 1. The van der Waals surface area contributed by atoms with Crippen molar-refractivity contribution in [2.45, 2.75) is 43.0 Å². The third kappa shape index (κ3) is 5.14. The van der Waals surface area contributed by atoms with Crippen LogP contribution >= 0.6 is 0 Å². The largest absolute Gasteiger partial charge is 0.381 e. The van der Waals surface area contributed by atoms with E-state index in [0.717, 1.165) is 44.5 Å². The number of rotatable bonds is 6. The van der Waals surface area contributed by atoms with Gasteiger partial charge in [0.2, 0.25) is 15.9 Å². The highest BCUT2D eigenvalue weighted by Crippen LogP contribution is 2.26. The van der Waals surface area contributed by atoms with Gasteiger partial charge in [0.15, 0.2) is 0 Å². The van der Waals surface area contributed by atoms with E-state index >= 15 is 0 Å². The molecule has 1 aliphatic carbocycles. The second-order valence-electron chi connectivity index (χ2n) is 9.65. The van der Waals surface area contributed by atoms with Crippen molar-refractivity contribution in [1.29, 1.82) is 0 Å². The fourth-order valence-corrected chi connectivity index (χ4v) is 6.83. The number of anilines is 1. The molecule has 1 N–H and O–H groups in total. The Hall–Kier alpha value is -2.42. The molecule has 2 saturated heterocycles. The minimum atomic E-state index is -3.53. The van der Waals surface area contributed by atoms with Crippen LogP contribution in [0.5, 0.6) is 0 Å². The molecule has 5 rings (SSSR count). The maximum atomic E-state index is 13.2. The molecule has 0 aromatic heterocycles. The fourth-order valence-electron chi connectivity index (χ4n) is 5.35. The Morgan fingerprint density at radius 1 is 0.912 bits per heavy atom. The molecule has 0 bridgehead atoms. The third-order valence-corrected chi connectivity index (χ3v) is 9.22. The maximum Gasteiger partial charge on any atom is 0.243 e. The number of aryl methyl sites for hydroxylation is 2. The molecular weight excluding hydrogens is 448 g/mol. The second-order valence-corrected chi connectivity index (χ2v) is 11.6. The van der Waals surface area contributed by atoms with Crippen LogP contribution in [0.2, 0.25) is 0 Å². The molecule has 34 heavy (non-hydrogen) atoms. The van der Waals surface area contributed by atoms with Gasteiger partial charge in [-0.3, -0.25) is 9.69 Å². The number of benzene rings is 2. The summed E-state index contributed by atoms with van der Waals surface area (Å²) in [6.45, 7) is 3.72. The highest BCUT2D eigenvalue weighted by atomic mass is 32.2. The minimum Gasteiger partial charge on any atom is -0.381 e. The smallest absolute Gasteiger partial charge is 0.243 e. The molecule has 0 spiro atoms. The van der Waals surface area contributed by atoms with Crippen LogP contribution in [0.4, 0.5) is 5.69 Å². The summed E-state index contributed by atoms with van der Waals surface area (Å²) >= 11 is 0. The highest BCUT2D eigenvalue weighted by molar-refractivity contribution is 7.89. The van der Waals surface area contributed by atoms with Crippen LogP contribution in [0.3, 0.4) is 0 Å². The lowest BCUT2D eigenvalue weighted by Gasteiger charge is -2.35. The van der Waals surface area contributed by atoms with E-state index in [1.807, 2.05) is 35.2 Å². The standard InChI is InChI=1S/C26H34N4O3S/c31-26(20-28-13-12-24(19-28)27-23-8-2-1-3-9-23)29-14-16-30(17-15-29)34(32,33)25-11-10-21-6-4-5-7-22(21)18-25/h1-3,8-11,18,24,27H,4-7,12-17,19-20H2. The first kappa shape index (κ1) is 23.3. The van der Waals surface area contributed by atoms with Crippen molar-refractivity contribution in [2.24, 2.45) is 0 Å². The van der Waals surface area contributed by atoms with Gasteiger partial charge in [-0.1, -0.05) is 24.3 Å². The van der Waals surface area contributed by atoms with Crippen molar-refractivity contribution in [2.75, 3.05) is 51.1 Å². The SMILES string of the molecule is O=C(CN1CCC(Nc2ccccc2)C1)N1CCN(S(=O)(=O)c2ccc3c(c2)CCCC3)CC1. The van der Waals surface area contributed by atoms with E-state index in [1.165, 1.54) is 21.9 Å². The van der Waals surface area contributed by atoms with Gasteiger partial charge in [0.1, 0.15) is 0 Å². The Labute approximate surface area is 202 Å². The van der Waals surface area contributed by atoms with Crippen molar-refractivity contribution in [3.05, 3.63) is 59.7 Å². The maximum absolute atomic E-state index is 13.2. The van der Waals surface area contributed by atoms with Crippen LogP contribution in [0.25, 0.3) is 0 Å². The molecule has 2 aromatic carbocycles. The van der Waals surface area contributed by atoms with E-state index in [2.05, 4.69) is 22.3 Å². The summed E-state index contributed by atoms with van der Waals surface area (Å²) in [5.41, 5.74) is 3.56. The highest BCUT2D eigenvalue weighted by Gasteiger charge is 2.32. The van der Waals surface area contributed by atoms with E-state index < -0.39 is 10.0 Å². The first-order valence-corrected chi connectivity index (χ1v) is 13.9. The Morgan fingerprint density at radius 2 is 1.65 bits per heavy atom. The lowest BCUT2D eigenvalue weighted by molar-refractivity contribution is -0.133. The topological polar surface area (TPSA) is 73.0 Å². The Kier molecular flexibility index (Phi) is 6.90. The minimum absolute atomic E-state index is 0.0891. The molecule has 8 heteroatoms. The van der Waals surface area contributed by atoms with Gasteiger partial charge in [-0.2, -0.15) is 4.31 Å². The van der Waals surface area contributed by atoms with Crippen molar-refractivity contribution in [3.63, 3.8) is 0 Å². The number of nitrogens with zero attached hydrogens (tertiary/aromatic N) is 3. The average Bonchev–Trinajstić information content (AvgIpc) is 3.30. The van der Waals surface area contributed by atoms with Gasteiger partial charge in [-0.15, -0.1) is 0 Å². The van der Waals surface area contributed by atoms with Crippen LogP contribution in [0, 0.1) is 0 Å². The van der Waals surface area contributed by atoms with Crippen LogP contribution < -0.4 is 5.32 Å². The van der Waals surface area contributed by atoms with Crippen LogP contribution in [-0.2, 0) is 27.7 Å². The van der Waals surface area contributed by atoms with E-state index in [4.69, 9.17) is 0 Å². The van der Waals surface area contributed by atoms with E-state index in [1.54, 1.807) is 6.07 Å². The molecule has 7 nitrogen and oxygen atoms in total. The van der Waals surface area contributed by atoms with Gasteiger partial charge >= 0.3 is 0 Å². The number of amides is 1. The zero-order valence-corrected chi connectivity index (χ0v) is 20.5. The number of piperazine rings is 1. The number of nitrogens with one attached hydrogen (secondary N) is 1. The fraction of sp³-hybridized carbons (Fsp3) is 0.500. The summed E-state index contributed by atoms with van der Waals surface area (Å²) in [7, 11) is -3.53. The summed E-state index contributed by atoms with van der Waals surface area (Å²) in [5.74, 6) is 0.0891. The summed E-state index contributed by atoms with van der Waals surface area (Å²) < 4.78 is 28.0. The second kappa shape index (κ2) is 10.1. The Bertz CT molecular complexity index is 1110. The average molecular weight is 483 g/mol. The molecule has 2 fully saturated rings. The predicted octanol–water partition coefficient (Wildman–Crippen LogP) is 2.58. The molecule has 1 amide bonds. The number of para-hydroxylation sites is 1. The quantitative estimate of drug-likeness (QED) is 0.685. The van der Waals surface area contributed by atoms with Gasteiger partial charge in [0.05, 0.1) is 11.4 Å². The first-order valence-electron chi connectivity index (χ1n) is 12.4. The number of hydrogen-bond acceptors (Lipinski definition) is 5. The van der Waals surface area contributed by atoms with Crippen molar-refractivity contribution in [1.82, 2.24) is 14.1 Å². The molecule has 2 aromatic rings. The number of hydrogen-bond donors (Lipinski definition) is 1. The molecule has 0 radical (unpaired) electrons. The summed E-state index contributed by atoms with van der Waals surface area (Å²) in [6, 6.07) is 16.1. The van der Waals surface area contributed by atoms with Crippen molar-refractivity contribution >= 4 is 21.6 Å². The van der Waals surface area contributed by atoms with Crippen molar-refractivity contribution in [3.8, 4) is 0 Å². The molecule has 1 unspecified atom stereocenters. The lowest BCUT2D eigenvalue weighted by Crippen LogP contribution is -2.52. The summed E-state index contributed by atoms with van der Waals surface area (Å²) in [5, 5.41) is 3.54. The van der Waals surface area contributed by atoms with Gasteiger partial charge in [0.25, 0.3) is 0 Å². The molecule has 0 saturated carbocycles. The van der Waals surface area contributed by atoms with E-state index in [9.17, 15) is 13.2 Å². The number of carbonyl (C=O) groups excluding carboxylic acids is 1. The normalized spacial score (nSPS) is 21.9. The molecular formula is C26H34N4O3S. The lowest BCUT2D eigenvalue weighted by atomic mass is 9.92. The zero-order chi connectivity index (χ0) is 23.5. The van der Waals surface area contributed by atoms with Gasteiger partial charge in [0, 0.05) is 51.0 Å². The van der Waals surface area contributed by atoms with Crippen LogP contribution in [0.15, 0.2) is 53.4 Å². The number of likely N-dealkylation sites (tertiary alicyclic amines) is 1. The van der Waals surface area contributed by atoms with Gasteiger partial charge in [-0.05, 0) is 67.5 Å². The van der Waals surface area contributed by atoms with Crippen LogP contribution in [0.1, 0.15) is 30.4 Å². The number of sulfonamides is 1. The zero-order valence-electron chi connectivity index (χ0n) is 19.7. The summed E-state index contributed by atoms with van der Waals surface area (Å²) in [4.78, 5) is 17.3. The molecule has 182 valence electrons. The van der Waals surface area contributed by atoms with Gasteiger partial charge < -0.3 is 10.2 Å². The Balaban J connectivity index is 1.12. The Morgan fingerprint density at radius 3 is 2.41 bits per heavy atom. The van der Waals surface area contributed by atoms with E-state index in [-0.39, 0.29) is 5.91 Å².